The highest BCUT2D eigenvalue weighted by Gasteiger charge is 2.29. The number of thioether (sulfide) groups is 1. The second kappa shape index (κ2) is 5.70. The highest BCUT2D eigenvalue weighted by atomic mass is 32.2. The molecule has 22 heavy (non-hydrogen) atoms. The van der Waals surface area contributed by atoms with Crippen molar-refractivity contribution >= 4 is 39.8 Å². The van der Waals surface area contributed by atoms with Crippen LogP contribution < -0.4 is 0 Å². The van der Waals surface area contributed by atoms with Crippen molar-refractivity contribution in [3.05, 3.63) is 40.9 Å². The van der Waals surface area contributed by atoms with E-state index in [0.29, 0.717) is 10.1 Å². The van der Waals surface area contributed by atoms with Gasteiger partial charge < -0.3 is 4.57 Å². The molecule has 0 radical (unpaired) electrons. The number of hydrogen-bond acceptors (Lipinski definition) is 4. The number of nitriles is 1. The van der Waals surface area contributed by atoms with Gasteiger partial charge in [-0.05, 0) is 23.9 Å². The fourth-order valence-electron chi connectivity index (χ4n) is 2.49. The van der Waals surface area contributed by atoms with E-state index in [1.165, 1.54) is 11.8 Å². The first-order valence-corrected chi connectivity index (χ1v) is 7.56. The summed E-state index contributed by atoms with van der Waals surface area (Å²) >= 11 is 1.37. The molecule has 1 fully saturated rings. The number of likely N-dealkylation sites (N-methyl/N-ethyl adjacent to an activating group) is 1. The van der Waals surface area contributed by atoms with Crippen molar-refractivity contribution in [1.82, 2.24) is 9.47 Å². The number of amides is 1. The van der Waals surface area contributed by atoms with E-state index in [4.69, 9.17) is 5.26 Å². The fourth-order valence-corrected chi connectivity index (χ4v) is 3.41. The van der Waals surface area contributed by atoms with Gasteiger partial charge in [0.05, 0.1) is 11.0 Å². The van der Waals surface area contributed by atoms with Crippen LogP contribution in [0.25, 0.3) is 17.0 Å². The van der Waals surface area contributed by atoms with Crippen LogP contribution >= 0.6 is 11.8 Å². The van der Waals surface area contributed by atoms with Gasteiger partial charge in [-0.2, -0.15) is 5.26 Å². The molecule has 2 aromatic rings. The zero-order valence-electron chi connectivity index (χ0n) is 12.3. The Morgan fingerprint density at radius 2 is 2.18 bits per heavy atom. The standard InChI is InChI=1S/C16H14N4OS/c1-18-16-19(2)15(21)14(22-16)9-11-10-20(8-7-17)13-6-4-3-5-12(11)13/h3-6,9-10H,8H2,1-2H3/b14-9+,18-16?. The smallest absolute Gasteiger partial charge is 0.266 e. The summed E-state index contributed by atoms with van der Waals surface area (Å²) in [5, 5.41) is 10.7. The molecule has 1 aliphatic rings. The number of rotatable bonds is 2. The van der Waals surface area contributed by atoms with Crippen LogP contribution in [0.3, 0.4) is 0 Å². The van der Waals surface area contributed by atoms with E-state index < -0.39 is 0 Å². The van der Waals surface area contributed by atoms with Gasteiger partial charge in [0, 0.05) is 36.8 Å². The quantitative estimate of drug-likeness (QED) is 0.801. The molecule has 6 heteroatoms. The molecular formula is C16H14N4OS. The number of aromatic nitrogens is 1. The second-order valence-electron chi connectivity index (χ2n) is 4.87. The zero-order chi connectivity index (χ0) is 15.7. The van der Waals surface area contributed by atoms with E-state index in [9.17, 15) is 4.79 Å². The van der Waals surface area contributed by atoms with Gasteiger partial charge in [0.15, 0.2) is 5.17 Å². The lowest BCUT2D eigenvalue weighted by Gasteiger charge is -2.04. The first-order chi connectivity index (χ1) is 10.7. The van der Waals surface area contributed by atoms with E-state index in [0.717, 1.165) is 16.5 Å². The highest BCUT2D eigenvalue weighted by Crippen LogP contribution is 2.33. The van der Waals surface area contributed by atoms with Gasteiger partial charge in [-0.3, -0.25) is 14.7 Å². The third kappa shape index (κ3) is 2.30. The molecule has 110 valence electrons. The van der Waals surface area contributed by atoms with Crippen molar-refractivity contribution in [3.63, 3.8) is 0 Å². The van der Waals surface area contributed by atoms with Crippen molar-refractivity contribution in [2.24, 2.45) is 4.99 Å². The summed E-state index contributed by atoms with van der Waals surface area (Å²) in [6.45, 7) is 0.284. The van der Waals surface area contributed by atoms with E-state index in [2.05, 4.69) is 11.1 Å². The minimum absolute atomic E-state index is 0.0530. The zero-order valence-corrected chi connectivity index (χ0v) is 13.1. The lowest BCUT2D eigenvalue weighted by atomic mass is 10.1. The summed E-state index contributed by atoms with van der Waals surface area (Å²) in [7, 11) is 3.39. The van der Waals surface area contributed by atoms with Crippen molar-refractivity contribution in [2.75, 3.05) is 14.1 Å². The minimum Gasteiger partial charge on any atom is -0.333 e. The summed E-state index contributed by atoms with van der Waals surface area (Å²) in [6.07, 6.45) is 3.79. The molecule has 0 bridgehead atoms. The van der Waals surface area contributed by atoms with Gasteiger partial charge in [-0.15, -0.1) is 0 Å². The summed E-state index contributed by atoms with van der Waals surface area (Å²) in [5.74, 6) is -0.0530. The van der Waals surface area contributed by atoms with Crippen molar-refractivity contribution in [1.29, 1.82) is 5.26 Å². The topological polar surface area (TPSA) is 61.4 Å². The average Bonchev–Trinajstić information content (AvgIpc) is 3.01. The first kappa shape index (κ1) is 14.4. The van der Waals surface area contributed by atoms with Crippen LogP contribution in [0.2, 0.25) is 0 Å². The summed E-state index contributed by atoms with van der Waals surface area (Å²) in [4.78, 5) is 18.5. The Hall–Kier alpha value is -2.52. The molecule has 1 saturated heterocycles. The SMILES string of the molecule is CN=C1S/C(=C/c2cn(CC#N)c3ccccc23)C(=O)N1C. The molecule has 0 N–H and O–H groups in total. The number of amidine groups is 1. The normalized spacial score (nSPS) is 18.6. The molecular weight excluding hydrogens is 296 g/mol. The number of nitrogens with zero attached hydrogens (tertiary/aromatic N) is 4. The number of carbonyl (C=O) groups is 1. The largest absolute Gasteiger partial charge is 0.333 e. The van der Waals surface area contributed by atoms with Crippen LogP contribution in [0.15, 0.2) is 40.4 Å². The maximum Gasteiger partial charge on any atom is 0.266 e. The van der Waals surface area contributed by atoms with Crippen molar-refractivity contribution < 1.29 is 4.79 Å². The van der Waals surface area contributed by atoms with Crippen LogP contribution in [0, 0.1) is 11.3 Å². The van der Waals surface area contributed by atoms with Gasteiger partial charge in [-0.25, -0.2) is 0 Å². The number of fused-ring (bicyclic) bond motifs is 1. The van der Waals surface area contributed by atoms with Crippen molar-refractivity contribution in [2.45, 2.75) is 6.54 Å². The van der Waals surface area contributed by atoms with Gasteiger partial charge in [0.25, 0.3) is 5.91 Å². The Kier molecular flexibility index (Phi) is 3.73. The third-order valence-electron chi connectivity index (χ3n) is 3.54. The predicted molar refractivity (Wildman–Crippen MR) is 89.2 cm³/mol. The van der Waals surface area contributed by atoms with E-state index in [-0.39, 0.29) is 12.5 Å². The molecule has 0 unspecified atom stereocenters. The lowest BCUT2D eigenvalue weighted by molar-refractivity contribution is -0.121. The number of benzene rings is 1. The van der Waals surface area contributed by atoms with Crippen LogP contribution in [0.5, 0.6) is 0 Å². The monoisotopic (exact) mass is 310 g/mol. The van der Waals surface area contributed by atoms with Gasteiger partial charge in [-0.1, -0.05) is 18.2 Å². The number of hydrogen-bond donors (Lipinski definition) is 0. The average molecular weight is 310 g/mol. The Balaban J connectivity index is 2.10. The Morgan fingerprint density at radius 1 is 1.41 bits per heavy atom. The second-order valence-corrected chi connectivity index (χ2v) is 5.88. The van der Waals surface area contributed by atoms with Crippen LogP contribution in [-0.2, 0) is 11.3 Å². The van der Waals surface area contributed by atoms with Gasteiger partial charge in [0.1, 0.15) is 6.54 Å². The summed E-state index contributed by atoms with van der Waals surface area (Å²) < 4.78 is 1.89. The Labute approximate surface area is 132 Å². The molecule has 3 rings (SSSR count). The molecule has 2 heterocycles. The molecule has 1 aliphatic heterocycles. The van der Waals surface area contributed by atoms with Gasteiger partial charge in [0.2, 0.25) is 0 Å². The van der Waals surface area contributed by atoms with Crippen LogP contribution in [0.4, 0.5) is 0 Å². The molecule has 5 nitrogen and oxygen atoms in total. The predicted octanol–water partition coefficient (Wildman–Crippen LogP) is 2.70. The summed E-state index contributed by atoms with van der Waals surface area (Å²) in [5.41, 5.74) is 1.93. The molecule has 0 spiro atoms. The molecule has 1 aromatic heterocycles. The highest BCUT2D eigenvalue weighted by molar-refractivity contribution is 8.18. The maximum absolute atomic E-state index is 12.2. The molecule has 1 aromatic carbocycles. The maximum atomic E-state index is 12.2. The minimum atomic E-state index is -0.0530. The van der Waals surface area contributed by atoms with Crippen molar-refractivity contribution in [3.8, 4) is 6.07 Å². The number of para-hydroxylation sites is 1. The lowest BCUT2D eigenvalue weighted by Crippen LogP contribution is -2.23. The molecule has 0 aliphatic carbocycles. The van der Waals surface area contributed by atoms with Crippen LogP contribution in [-0.4, -0.2) is 34.6 Å². The van der Waals surface area contributed by atoms with E-state index in [1.807, 2.05) is 41.1 Å². The van der Waals surface area contributed by atoms with E-state index in [1.54, 1.807) is 19.0 Å². The Morgan fingerprint density at radius 3 is 2.86 bits per heavy atom. The number of aliphatic imine (C=N–C) groups is 1. The summed E-state index contributed by atoms with van der Waals surface area (Å²) in [6, 6.07) is 10.0. The first-order valence-electron chi connectivity index (χ1n) is 6.75. The van der Waals surface area contributed by atoms with Gasteiger partial charge >= 0.3 is 0 Å². The van der Waals surface area contributed by atoms with E-state index >= 15 is 0 Å². The third-order valence-corrected chi connectivity index (χ3v) is 4.69. The molecule has 1 amide bonds. The molecule has 0 saturated carbocycles. The fraction of sp³-hybridized carbons (Fsp3) is 0.188. The Bertz CT molecular complexity index is 857. The molecule has 0 atom stereocenters. The van der Waals surface area contributed by atoms with Crippen LogP contribution in [0.1, 0.15) is 5.56 Å². The number of carbonyl (C=O) groups excluding carboxylic acids is 1.